The summed E-state index contributed by atoms with van der Waals surface area (Å²) in [6.45, 7) is 4.01. The second kappa shape index (κ2) is 3.73. The molecule has 4 heteroatoms. The van der Waals surface area contributed by atoms with E-state index >= 15 is 0 Å². The van der Waals surface area contributed by atoms with Crippen molar-refractivity contribution in [3.05, 3.63) is 35.8 Å². The number of imidazole rings is 1. The maximum atomic E-state index is 10.7. The van der Waals surface area contributed by atoms with Gasteiger partial charge in [-0.1, -0.05) is 0 Å². The highest BCUT2D eigenvalue weighted by atomic mass is 16.1. The van der Waals surface area contributed by atoms with Gasteiger partial charge in [-0.25, -0.2) is 4.98 Å². The number of pyridine rings is 1. The van der Waals surface area contributed by atoms with Crippen molar-refractivity contribution in [2.45, 2.75) is 20.4 Å². The number of amides is 1. The second-order valence-corrected chi connectivity index (χ2v) is 3.61. The average molecular weight is 203 g/mol. The molecular formula is C11H13N3O. The van der Waals surface area contributed by atoms with E-state index in [4.69, 9.17) is 0 Å². The Morgan fingerprint density at radius 1 is 1.60 bits per heavy atom. The van der Waals surface area contributed by atoms with Crippen LogP contribution >= 0.6 is 0 Å². The highest BCUT2D eigenvalue weighted by Gasteiger charge is 2.01. The number of nitrogens with one attached hydrogen (secondary N) is 1. The van der Waals surface area contributed by atoms with E-state index in [1.807, 2.05) is 35.9 Å². The number of hydrogen-bond acceptors (Lipinski definition) is 2. The summed E-state index contributed by atoms with van der Waals surface area (Å²) in [5, 5.41) is 2.72. The molecule has 2 aromatic heterocycles. The first-order chi connectivity index (χ1) is 7.15. The van der Waals surface area contributed by atoms with Crippen molar-refractivity contribution in [1.29, 1.82) is 0 Å². The summed E-state index contributed by atoms with van der Waals surface area (Å²) >= 11 is 0. The Hall–Kier alpha value is -1.84. The monoisotopic (exact) mass is 203 g/mol. The molecule has 0 saturated heterocycles. The van der Waals surface area contributed by atoms with Gasteiger partial charge in [0.15, 0.2) is 0 Å². The van der Waals surface area contributed by atoms with Crippen LogP contribution in [0.3, 0.4) is 0 Å². The molecule has 2 aromatic rings. The lowest BCUT2D eigenvalue weighted by Gasteiger charge is -1.95. The minimum atomic E-state index is -0.0387. The van der Waals surface area contributed by atoms with E-state index < -0.39 is 0 Å². The lowest BCUT2D eigenvalue weighted by Crippen LogP contribution is -2.18. The van der Waals surface area contributed by atoms with Crippen molar-refractivity contribution in [3.8, 4) is 0 Å². The third-order valence-electron chi connectivity index (χ3n) is 2.18. The van der Waals surface area contributed by atoms with Gasteiger partial charge in [0.1, 0.15) is 5.65 Å². The van der Waals surface area contributed by atoms with Crippen LogP contribution in [0.15, 0.2) is 24.5 Å². The molecule has 0 aliphatic heterocycles. The summed E-state index contributed by atoms with van der Waals surface area (Å²) in [6.07, 6.45) is 3.89. The second-order valence-electron chi connectivity index (χ2n) is 3.61. The molecule has 0 radical (unpaired) electrons. The molecule has 0 atom stereocenters. The van der Waals surface area contributed by atoms with Crippen molar-refractivity contribution < 1.29 is 4.79 Å². The summed E-state index contributed by atoms with van der Waals surface area (Å²) in [5.41, 5.74) is 2.96. The minimum absolute atomic E-state index is 0.0387. The molecule has 1 amide bonds. The molecule has 4 nitrogen and oxygen atoms in total. The zero-order valence-electron chi connectivity index (χ0n) is 8.82. The maximum absolute atomic E-state index is 10.7. The van der Waals surface area contributed by atoms with Gasteiger partial charge in [0, 0.05) is 19.3 Å². The molecule has 1 N–H and O–H groups in total. The number of hydrogen-bond donors (Lipinski definition) is 1. The Balaban J connectivity index is 2.27. The normalized spacial score (nSPS) is 10.5. The molecule has 0 saturated carbocycles. The predicted molar refractivity (Wildman–Crippen MR) is 57.4 cm³/mol. The number of rotatable bonds is 2. The number of nitrogens with zero attached hydrogens (tertiary/aromatic N) is 2. The summed E-state index contributed by atoms with van der Waals surface area (Å²) in [4.78, 5) is 15.1. The lowest BCUT2D eigenvalue weighted by atomic mass is 10.3. The Bertz CT molecular complexity index is 502. The topological polar surface area (TPSA) is 46.4 Å². The van der Waals surface area contributed by atoms with Crippen LogP contribution in [0.1, 0.15) is 18.2 Å². The average Bonchev–Trinajstić information content (AvgIpc) is 2.56. The van der Waals surface area contributed by atoms with E-state index in [0.717, 1.165) is 11.3 Å². The molecule has 0 aliphatic carbocycles. The molecule has 0 spiro atoms. The Kier molecular flexibility index (Phi) is 2.41. The fourth-order valence-electron chi connectivity index (χ4n) is 1.44. The Morgan fingerprint density at radius 3 is 3.13 bits per heavy atom. The van der Waals surface area contributed by atoms with Crippen molar-refractivity contribution in [2.24, 2.45) is 0 Å². The highest BCUT2D eigenvalue weighted by Crippen LogP contribution is 2.07. The fraction of sp³-hybridized carbons (Fsp3) is 0.273. The van der Waals surface area contributed by atoms with Crippen LogP contribution in [0, 0.1) is 6.92 Å². The van der Waals surface area contributed by atoms with Crippen LogP contribution < -0.4 is 5.32 Å². The Labute approximate surface area is 87.9 Å². The number of carbonyl (C=O) groups excluding carboxylic acids is 1. The van der Waals surface area contributed by atoms with Gasteiger partial charge in [0.25, 0.3) is 0 Å². The molecule has 0 aliphatic rings. The summed E-state index contributed by atoms with van der Waals surface area (Å²) < 4.78 is 1.95. The van der Waals surface area contributed by atoms with Gasteiger partial charge >= 0.3 is 0 Å². The van der Waals surface area contributed by atoms with Crippen LogP contribution in [0.4, 0.5) is 0 Å². The number of fused-ring (bicyclic) bond motifs is 1. The molecule has 0 bridgehead atoms. The van der Waals surface area contributed by atoms with E-state index in [0.29, 0.717) is 6.54 Å². The zero-order valence-corrected chi connectivity index (χ0v) is 8.82. The highest BCUT2D eigenvalue weighted by molar-refractivity contribution is 5.72. The molecule has 78 valence electrons. The van der Waals surface area contributed by atoms with Gasteiger partial charge in [-0.2, -0.15) is 0 Å². The first-order valence-electron chi connectivity index (χ1n) is 4.84. The molecule has 0 aromatic carbocycles. The molecule has 15 heavy (non-hydrogen) atoms. The molecule has 0 unspecified atom stereocenters. The minimum Gasteiger partial charge on any atom is -0.351 e. The number of aryl methyl sites for hydroxylation is 1. The molecular weight excluding hydrogens is 190 g/mol. The summed E-state index contributed by atoms with van der Waals surface area (Å²) in [6, 6.07) is 4.04. The molecule has 2 heterocycles. The zero-order chi connectivity index (χ0) is 10.8. The van der Waals surface area contributed by atoms with Gasteiger partial charge in [-0.05, 0) is 24.6 Å². The van der Waals surface area contributed by atoms with Gasteiger partial charge < -0.3 is 9.72 Å². The predicted octanol–water partition coefficient (Wildman–Crippen LogP) is 1.28. The SMILES string of the molecule is CC(=O)NCc1cn2ccc(C)cc2n1. The molecule has 0 fully saturated rings. The van der Waals surface area contributed by atoms with Gasteiger partial charge in [0.2, 0.25) is 5.91 Å². The van der Waals surface area contributed by atoms with Gasteiger partial charge in [-0.15, -0.1) is 0 Å². The quantitative estimate of drug-likeness (QED) is 0.799. The van der Waals surface area contributed by atoms with Crippen LogP contribution in [-0.2, 0) is 11.3 Å². The van der Waals surface area contributed by atoms with Crippen LogP contribution in [0.5, 0.6) is 0 Å². The smallest absolute Gasteiger partial charge is 0.217 e. The van der Waals surface area contributed by atoms with Crippen LogP contribution in [-0.4, -0.2) is 15.3 Å². The molecule has 2 rings (SSSR count). The van der Waals surface area contributed by atoms with Gasteiger partial charge in [0.05, 0.1) is 12.2 Å². The first kappa shape index (κ1) is 9.71. The van der Waals surface area contributed by atoms with Crippen molar-refractivity contribution in [2.75, 3.05) is 0 Å². The van der Waals surface area contributed by atoms with E-state index in [1.54, 1.807) is 0 Å². The number of carbonyl (C=O) groups is 1. The van der Waals surface area contributed by atoms with E-state index in [9.17, 15) is 4.79 Å². The van der Waals surface area contributed by atoms with Crippen LogP contribution in [0.2, 0.25) is 0 Å². The van der Waals surface area contributed by atoms with Crippen molar-refractivity contribution >= 4 is 11.6 Å². The Morgan fingerprint density at radius 2 is 2.40 bits per heavy atom. The summed E-state index contributed by atoms with van der Waals surface area (Å²) in [7, 11) is 0. The fourth-order valence-corrected chi connectivity index (χ4v) is 1.44. The van der Waals surface area contributed by atoms with Crippen molar-refractivity contribution in [1.82, 2.24) is 14.7 Å². The van der Waals surface area contributed by atoms with Gasteiger partial charge in [-0.3, -0.25) is 4.79 Å². The standard InChI is InChI=1S/C11H13N3O/c1-8-3-4-14-7-10(6-12-9(2)15)13-11(14)5-8/h3-5,7H,6H2,1-2H3,(H,12,15). The largest absolute Gasteiger partial charge is 0.351 e. The van der Waals surface area contributed by atoms with E-state index in [1.165, 1.54) is 12.5 Å². The first-order valence-corrected chi connectivity index (χ1v) is 4.84. The van der Waals surface area contributed by atoms with Crippen LogP contribution in [0.25, 0.3) is 5.65 Å². The number of aromatic nitrogens is 2. The third kappa shape index (κ3) is 2.15. The lowest BCUT2D eigenvalue weighted by molar-refractivity contribution is -0.119. The third-order valence-corrected chi connectivity index (χ3v) is 2.18. The maximum Gasteiger partial charge on any atom is 0.217 e. The van der Waals surface area contributed by atoms with E-state index in [2.05, 4.69) is 10.3 Å². The van der Waals surface area contributed by atoms with Crippen molar-refractivity contribution in [3.63, 3.8) is 0 Å². The van der Waals surface area contributed by atoms with E-state index in [-0.39, 0.29) is 5.91 Å². The summed E-state index contributed by atoms with van der Waals surface area (Å²) in [5.74, 6) is -0.0387.